The van der Waals surface area contributed by atoms with E-state index in [9.17, 15) is 24.0 Å². The van der Waals surface area contributed by atoms with Crippen LogP contribution in [0.3, 0.4) is 0 Å². The van der Waals surface area contributed by atoms with Crippen LogP contribution in [0.25, 0.3) is 17.0 Å². The number of nitrogens with one attached hydrogen (secondary N) is 1. The predicted molar refractivity (Wildman–Crippen MR) is 280 cm³/mol. The first-order chi connectivity index (χ1) is 34.1. The molecule has 4 atom stereocenters. The van der Waals surface area contributed by atoms with Crippen molar-refractivity contribution in [2.45, 2.75) is 130 Å². The highest BCUT2D eigenvalue weighted by molar-refractivity contribution is 6.76. The zero-order chi connectivity index (χ0) is 52.5. The first-order valence-electron chi connectivity index (χ1n) is 25.2. The van der Waals surface area contributed by atoms with Gasteiger partial charge in [0.05, 0.1) is 56.2 Å². The Morgan fingerprint density at radius 3 is 2.04 bits per heavy atom. The summed E-state index contributed by atoms with van der Waals surface area (Å²) in [4.78, 5) is 81.3. The van der Waals surface area contributed by atoms with Crippen LogP contribution < -0.4 is 5.32 Å². The molecule has 0 aliphatic carbocycles. The van der Waals surface area contributed by atoms with Crippen molar-refractivity contribution >= 4 is 49.5 Å². The molecule has 4 amide bonds. The van der Waals surface area contributed by atoms with E-state index >= 15 is 0 Å². The number of aliphatic imine (C=N–C) groups is 1. The SMILES string of the molecule is COC(=O)C[C@H](C(=O)N1CCN(C(=O)OC(C)(C)C)C[C@H]1C1=NC(c2ccc(C#Cc3ccc(-c4cnc([C@@H]5CCCN5C(=O)[C@@H](NC(=O)OC)C(C)C)n4COCC[Si](C)(C)C)cc3)cc2)=CC1)C(C)C. The summed E-state index contributed by atoms with van der Waals surface area (Å²) in [6.45, 7) is 22.3. The number of allylic oxidation sites excluding steroid dienone is 1. The number of hydrogen-bond donors (Lipinski definition) is 1. The third-order valence-electron chi connectivity index (χ3n) is 13.2. The third-order valence-corrected chi connectivity index (χ3v) is 14.9. The maximum Gasteiger partial charge on any atom is 0.410 e. The van der Waals surface area contributed by atoms with Gasteiger partial charge in [-0.25, -0.2) is 14.6 Å². The van der Waals surface area contributed by atoms with Gasteiger partial charge >= 0.3 is 18.2 Å². The summed E-state index contributed by atoms with van der Waals surface area (Å²) in [5.41, 5.74) is 5.20. The van der Waals surface area contributed by atoms with Crippen molar-refractivity contribution in [2.24, 2.45) is 22.7 Å². The molecule has 4 heterocycles. The number of aromatic nitrogens is 2. The van der Waals surface area contributed by atoms with Crippen molar-refractivity contribution in [3.63, 3.8) is 0 Å². The molecule has 1 N–H and O–H groups in total. The largest absolute Gasteiger partial charge is 0.469 e. The van der Waals surface area contributed by atoms with Crippen LogP contribution in [0.2, 0.25) is 25.7 Å². The number of hydrogen-bond acceptors (Lipinski definition) is 11. The zero-order valence-corrected chi connectivity index (χ0v) is 45.4. The molecule has 2 saturated heterocycles. The summed E-state index contributed by atoms with van der Waals surface area (Å²) in [5.74, 6) is 5.73. The number of imidazole rings is 1. The standard InChI is InChI=1S/C55H75N7O9Si/c1-36(2)42(32-48(63)68-8)51(64)61-29-28-59(54(67)71-55(5,6)7)34-47(61)44-26-25-43(57-44)40-21-17-38(18-22-40)15-16-39-19-23-41(24-20-39)46-33-56-50(62(46)35-70-30-31-72(10,11)12)45-14-13-27-60(45)52(65)49(37(3)4)58-53(66)69-9/h17-25,33,36-37,42,45,47,49H,13-14,26-32,34-35H2,1-12H3,(H,58,66)/t42-,45-,47-,49-/m0/s1. The summed E-state index contributed by atoms with van der Waals surface area (Å²) in [6, 6.07) is 15.4. The topological polar surface area (TPSA) is 174 Å². The first kappa shape index (κ1) is 55.1. The van der Waals surface area contributed by atoms with Gasteiger partial charge in [-0.2, -0.15) is 0 Å². The van der Waals surface area contributed by atoms with Gasteiger partial charge in [0, 0.05) is 64.1 Å². The van der Waals surface area contributed by atoms with Crippen LogP contribution in [0, 0.1) is 29.6 Å². The van der Waals surface area contributed by atoms with E-state index in [0.717, 1.165) is 64.1 Å². The van der Waals surface area contributed by atoms with Crippen LogP contribution in [0.4, 0.5) is 9.59 Å². The molecule has 3 aliphatic rings. The van der Waals surface area contributed by atoms with Gasteiger partial charge in [-0.15, -0.1) is 0 Å². The van der Waals surface area contributed by atoms with Crippen molar-refractivity contribution in [3.05, 3.63) is 83.3 Å². The molecule has 3 aromatic rings. The average Bonchev–Trinajstić information content (AvgIpc) is 4.13. The number of esters is 1. The van der Waals surface area contributed by atoms with Crippen molar-refractivity contribution in [1.29, 1.82) is 0 Å². The quantitative estimate of drug-likeness (QED) is 0.0481. The number of piperazine rings is 1. The van der Waals surface area contributed by atoms with Gasteiger partial charge in [-0.1, -0.05) is 89.5 Å². The molecule has 2 fully saturated rings. The molecule has 0 saturated carbocycles. The fourth-order valence-electron chi connectivity index (χ4n) is 9.07. The number of nitrogens with zero attached hydrogens (tertiary/aromatic N) is 6. The second-order valence-corrected chi connectivity index (χ2v) is 27.4. The third kappa shape index (κ3) is 14.2. The van der Waals surface area contributed by atoms with Crippen LogP contribution >= 0.6 is 0 Å². The molecule has 72 heavy (non-hydrogen) atoms. The molecular formula is C55H75N7O9Si. The number of amides is 4. The van der Waals surface area contributed by atoms with E-state index in [4.69, 9.17) is 28.9 Å². The number of ether oxygens (including phenoxy) is 4. The van der Waals surface area contributed by atoms with Crippen LogP contribution in [0.1, 0.15) is 103 Å². The van der Waals surface area contributed by atoms with Gasteiger partial charge < -0.3 is 43.5 Å². The van der Waals surface area contributed by atoms with Crippen LogP contribution in [-0.4, -0.2) is 133 Å². The van der Waals surface area contributed by atoms with Crippen LogP contribution in [-0.2, 0) is 40.1 Å². The van der Waals surface area contributed by atoms with E-state index in [1.165, 1.54) is 14.2 Å². The van der Waals surface area contributed by atoms with Gasteiger partial charge in [0.15, 0.2) is 0 Å². The van der Waals surface area contributed by atoms with Crippen molar-refractivity contribution in [1.82, 2.24) is 29.6 Å². The monoisotopic (exact) mass is 1010 g/mol. The predicted octanol–water partition coefficient (Wildman–Crippen LogP) is 8.78. The Bertz CT molecular complexity index is 2550. The summed E-state index contributed by atoms with van der Waals surface area (Å²) >= 11 is 0. The molecular weight excluding hydrogens is 931 g/mol. The molecule has 17 heteroatoms. The molecule has 16 nitrogen and oxygen atoms in total. The number of rotatable bonds is 16. The Kier molecular flexibility index (Phi) is 18.3. The van der Waals surface area contributed by atoms with Crippen molar-refractivity contribution in [3.8, 4) is 23.1 Å². The number of likely N-dealkylation sites (tertiary alicyclic amines) is 1. The molecule has 6 rings (SSSR count). The Morgan fingerprint density at radius 2 is 1.46 bits per heavy atom. The Labute approximate surface area is 426 Å². The minimum atomic E-state index is -1.35. The lowest BCUT2D eigenvalue weighted by Gasteiger charge is -2.43. The Balaban J connectivity index is 1.19. The van der Waals surface area contributed by atoms with E-state index in [1.54, 1.807) is 9.80 Å². The van der Waals surface area contributed by atoms with Crippen molar-refractivity contribution < 1.29 is 42.9 Å². The highest BCUT2D eigenvalue weighted by Gasteiger charge is 2.42. The Morgan fingerprint density at radius 1 is 0.819 bits per heavy atom. The molecule has 0 unspecified atom stereocenters. The summed E-state index contributed by atoms with van der Waals surface area (Å²) in [6.07, 6.45) is 4.80. The number of alkyl carbamates (subject to hydrolysis) is 1. The van der Waals surface area contributed by atoms with E-state index < -0.39 is 49.8 Å². The molecule has 0 bridgehead atoms. The summed E-state index contributed by atoms with van der Waals surface area (Å²) in [7, 11) is 1.27. The molecule has 2 aromatic carbocycles. The maximum absolute atomic E-state index is 14.2. The Hall–Kier alpha value is -6.25. The smallest absolute Gasteiger partial charge is 0.410 e. The van der Waals surface area contributed by atoms with Gasteiger partial charge in [0.1, 0.15) is 24.2 Å². The first-order valence-corrected chi connectivity index (χ1v) is 28.9. The fourth-order valence-corrected chi connectivity index (χ4v) is 9.83. The average molecular weight is 1010 g/mol. The second-order valence-electron chi connectivity index (χ2n) is 21.7. The van der Waals surface area contributed by atoms with E-state index in [0.29, 0.717) is 26.1 Å². The van der Waals surface area contributed by atoms with E-state index in [1.807, 2.05) is 114 Å². The molecule has 0 radical (unpaired) electrons. The molecule has 3 aliphatic heterocycles. The molecule has 1 aromatic heterocycles. The fraction of sp³-hybridized carbons (Fsp3) is 0.545. The number of methoxy groups -OCH3 is 2. The van der Waals surface area contributed by atoms with Crippen LogP contribution in [0.15, 0.2) is 65.8 Å². The highest BCUT2D eigenvalue weighted by atomic mass is 28.3. The van der Waals surface area contributed by atoms with Gasteiger partial charge in [-0.05, 0) is 86.9 Å². The van der Waals surface area contributed by atoms with Gasteiger partial charge in [0.2, 0.25) is 11.8 Å². The van der Waals surface area contributed by atoms with E-state index in [2.05, 4.69) is 41.4 Å². The normalized spacial score (nSPS) is 18.0. The van der Waals surface area contributed by atoms with Gasteiger partial charge in [-0.3, -0.25) is 19.4 Å². The lowest BCUT2D eigenvalue weighted by atomic mass is 9.89. The summed E-state index contributed by atoms with van der Waals surface area (Å²) in [5, 5.41) is 2.74. The van der Waals surface area contributed by atoms with Crippen molar-refractivity contribution in [2.75, 3.05) is 47.0 Å². The van der Waals surface area contributed by atoms with Crippen LogP contribution in [0.5, 0.6) is 0 Å². The lowest BCUT2D eigenvalue weighted by molar-refractivity contribution is -0.149. The summed E-state index contributed by atoms with van der Waals surface area (Å²) < 4.78 is 23.9. The number of benzene rings is 2. The zero-order valence-electron chi connectivity index (χ0n) is 44.4. The number of carbonyl (C=O) groups is 5. The lowest BCUT2D eigenvalue weighted by Crippen LogP contribution is -2.61. The minimum Gasteiger partial charge on any atom is -0.469 e. The highest BCUT2D eigenvalue weighted by Crippen LogP contribution is 2.36. The maximum atomic E-state index is 14.2. The second kappa shape index (κ2) is 24.0. The number of carbonyl (C=O) groups excluding carboxylic acids is 5. The minimum absolute atomic E-state index is 0.0317. The molecule has 0 spiro atoms. The van der Waals surface area contributed by atoms with Gasteiger partial charge in [0.25, 0.3) is 0 Å². The molecule has 388 valence electrons. The van der Waals surface area contributed by atoms with E-state index in [-0.39, 0.29) is 55.9 Å².